The molecule has 0 radical (unpaired) electrons. The van der Waals surface area contributed by atoms with Crippen LogP contribution in [0, 0.1) is 0 Å². The van der Waals surface area contributed by atoms with Crippen molar-refractivity contribution in [2.75, 3.05) is 30.9 Å². The average molecular weight is 333 g/mol. The van der Waals surface area contributed by atoms with E-state index in [9.17, 15) is 9.46 Å². The van der Waals surface area contributed by atoms with Crippen LogP contribution in [-0.4, -0.2) is 39.3 Å². The predicted molar refractivity (Wildman–Crippen MR) is 94.2 cm³/mol. The van der Waals surface area contributed by atoms with Gasteiger partial charge >= 0.3 is 0 Å². The SMILES string of the molecule is CNc1nc2c(N)nc3ccccc3c2n1CCCP(C)(=O)O. The van der Waals surface area contributed by atoms with Gasteiger partial charge in [-0.25, -0.2) is 9.97 Å². The number of anilines is 2. The lowest BCUT2D eigenvalue weighted by molar-refractivity contribution is 0.480. The summed E-state index contributed by atoms with van der Waals surface area (Å²) >= 11 is 0. The number of nitrogens with zero attached hydrogens (tertiary/aromatic N) is 3. The molecule has 0 aliphatic carbocycles. The number of aromatic nitrogens is 3. The summed E-state index contributed by atoms with van der Waals surface area (Å²) in [5, 5.41) is 4.03. The molecule has 1 aromatic carbocycles. The van der Waals surface area contributed by atoms with Gasteiger partial charge in [-0.15, -0.1) is 0 Å². The second-order valence-electron chi connectivity index (χ2n) is 5.68. The van der Waals surface area contributed by atoms with Gasteiger partial charge in [0, 0.05) is 31.8 Å². The lowest BCUT2D eigenvalue weighted by atomic mass is 10.2. The number of nitrogen functional groups attached to an aromatic ring is 1. The first-order chi connectivity index (χ1) is 10.9. The number of hydrogen-bond donors (Lipinski definition) is 3. The van der Waals surface area contributed by atoms with Gasteiger partial charge in [-0.1, -0.05) is 18.2 Å². The van der Waals surface area contributed by atoms with E-state index in [1.165, 1.54) is 6.66 Å². The fraction of sp³-hybridized carbons (Fsp3) is 0.333. The fourth-order valence-corrected chi connectivity index (χ4v) is 3.52. The Morgan fingerprint density at radius 3 is 2.78 bits per heavy atom. The Morgan fingerprint density at radius 1 is 1.35 bits per heavy atom. The third-order valence-electron chi connectivity index (χ3n) is 3.79. The van der Waals surface area contributed by atoms with E-state index < -0.39 is 7.37 Å². The topological polar surface area (TPSA) is 106 Å². The maximum atomic E-state index is 11.5. The number of para-hydroxylation sites is 1. The second kappa shape index (κ2) is 5.83. The number of nitrogens with two attached hydrogens (primary N) is 1. The molecule has 23 heavy (non-hydrogen) atoms. The van der Waals surface area contributed by atoms with Gasteiger partial charge in [-0.2, -0.15) is 0 Å². The third kappa shape index (κ3) is 3.02. The molecule has 0 aliphatic rings. The quantitative estimate of drug-likeness (QED) is 0.620. The average Bonchev–Trinajstić information content (AvgIpc) is 2.86. The summed E-state index contributed by atoms with van der Waals surface area (Å²) in [6.45, 7) is 1.97. The lowest BCUT2D eigenvalue weighted by Gasteiger charge is -2.11. The molecule has 0 amide bonds. The number of pyridine rings is 1. The van der Waals surface area contributed by atoms with Crippen molar-refractivity contribution in [3.05, 3.63) is 24.3 Å². The van der Waals surface area contributed by atoms with Crippen LogP contribution >= 0.6 is 7.37 Å². The number of nitrogens with one attached hydrogen (secondary N) is 1. The lowest BCUT2D eigenvalue weighted by Crippen LogP contribution is -2.06. The summed E-state index contributed by atoms with van der Waals surface area (Å²) < 4.78 is 13.5. The van der Waals surface area contributed by atoms with Gasteiger partial charge in [0.25, 0.3) is 0 Å². The molecule has 0 fully saturated rings. The zero-order chi connectivity index (χ0) is 16.6. The zero-order valence-electron chi connectivity index (χ0n) is 13.2. The van der Waals surface area contributed by atoms with Crippen molar-refractivity contribution in [2.45, 2.75) is 13.0 Å². The summed E-state index contributed by atoms with van der Waals surface area (Å²) in [7, 11) is -1.22. The highest BCUT2D eigenvalue weighted by Crippen LogP contribution is 2.36. The molecule has 7 nitrogen and oxygen atoms in total. The van der Waals surface area contributed by atoms with Gasteiger partial charge in [0.2, 0.25) is 5.95 Å². The molecule has 0 aliphatic heterocycles. The minimum absolute atomic E-state index is 0.272. The highest BCUT2D eigenvalue weighted by Gasteiger charge is 2.17. The second-order valence-corrected chi connectivity index (χ2v) is 8.23. The van der Waals surface area contributed by atoms with Gasteiger partial charge in [-0.3, -0.25) is 4.57 Å². The number of benzene rings is 1. The molecule has 122 valence electrons. The normalized spacial score (nSPS) is 14.2. The molecule has 4 N–H and O–H groups in total. The van der Waals surface area contributed by atoms with Crippen LogP contribution in [0.3, 0.4) is 0 Å². The van der Waals surface area contributed by atoms with Crippen LogP contribution in [0.1, 0.15) is 6.42 Å². The summed E-state index contributed by atoms with van der Waals surface area (Å²) in [6, 6.07) is 7.76. The van der Waals surface area contributed by atoms with Crippen LogP contribution in [0.2, 0.25) is 0 Å². The third-order valence-corrected chi connectivity index (χ3v) is 4.93. The fourth-order valence-electron chi connectivity index (χ4n) is 2.79. The van der Waals surface area contributed by atoms with Crippen LogP contribution in [0.15, 0.2) is 24.3 Å². The number of imidazole rings is 1. The number of aryl methyl sites for hydroxylation is 1. The first kappa shape index (κ1) is 15.8. The summed E-state index contributed by atoms with van der Waals surface area (Å²) in [6.07, 6.45) is 0.856. The van der Waals surface area contributed by atoms with Crippen molar-refractivity contribution in [3.63, 3.8) is 0 Å². The van der Waals surface area contributed by atoms with Gasteiger partial charge in [0.15, 0.2) is 13.2 Å². The zero-order valence-corrected chi connectivity index (χ0v) is 14.0. The minimum atomic E-state index is -3.02. The molecule has 2 heterocycles. The van der Waals surface area contributed by atoms with E-state index >= 15 is 0 Å². The number of fused-ring (bicyclic) bond motifs is 3. The van der Waals surface area contributed by atoms with Crippen LogP contribution in [0.25, 0.3) is 21.9 Å². The van der Waals surface area contributed by atoms with Crippen molar-refractivity contribution in [1.29, 1.82) is 0 Å². The van der Waals surface area contributed by atoms with Crippen LogP contribution in [-0.2, 0) is 11.1 Å². The van der Waals surface area contributed by atoms with Gasteiger partial charge in [0.05, 0.1) is 11.0 Å². The molecule has 8 heteroatoms. The maximum absolute atomic E-state index is 11.5. The van der Waals surface area contributed by atoms with Gasteiger partial charge in [0.1, 0.15) is 5.52 Å². The Morgan fingerprint density at radius 2 is 2.09 bits per heavy atom. The molecule has 0 spiro atoms. The molecular weight excluding hydrogens is 313 g/mol. The maximum Gasteiger partial charge on any atom is 0.203 e. The molecule has 3 aromatic rings. The smallest absolute Gasteiger partial charge is 0.203 e. The van der Waals surface area contributed by atoms with E-state index in [1.54, 1.807) is 7.05 Å². The number of rotatable bonds is 5. The molecular formula is C15H20N5O2P. The molecule has 2 aromatic heterocycles. The van der Waals surface area contributed by atoms with Gasteiger partial charge in [-0.05, 0) is 12.5 Å². The van der Waals surface area contributed by atoms with E-state index in [4.69, 9.17) is 5.73 Å². The van der Waals surface area contributed by atoms with E-state index in [-0.39, 0.29) is 6.16 Å². The van der Waals surface area contributed by atoms with E-state index in [0.717, 1.165) is 16.4 Å². The monoisotopic (exact) mass is 333 g/mol. The summed E-state index contributed by atoms with van der Waals surface area (Å²) in [5.41, 5.74) is 8.42. The van der Waals surface area contributed by atoms with Crippen LogP contribution in [0.4, 0.5) is 11.8 Å². The molecule has 1 unspecified atom stereocenters. The first-order valence-corrected chi connectivity index (χ1v) is 9.71. The Labute approximate surface area is 134 Å². The summed E-state index contributed by atoms with van der Waals surface area (Å²) in [5.74, 6) is 1.06. The Kier molecular flexibility index (Phi) is 4.00. The molecule has 0 bridgehead atoms. The molecule has 1 atom stereocenters. The predicted octanol–water partition coefficient (Wildman–Crippen LogP) is 2.50. The van der Waals surface area contributed by atoms with E-state index in [0.29, 0.717) is 30.2 Å². The van der Waals surface area contributed by atoms with Crippen molar-refractivity contribution in [1.82, 2.24) is 14.5 Å². The van der Waals surface area contributed by atoms with Gasteiger partial charge < -0.3 is 20.5 Å². The highest BCUT2D eigenvalue weighted by atomic mass is 31.2. The Balaban J connectivity index is 2.16. The van der Waals surface area contributed by atoms with Crippen molar-refractivity contribution >= 4 is 41.1 Å². The Hall–Kier alpha value is -2.11. The highest BCUT2D eigenvalue weighted by molar-refractivity contribution is 7.57. The largest absolute Gasteiger partial charge is 0.382 e. The van der Waals surface area contributed by atoms with Crippen LogP contribution < -0.4 is 11.1 Å². The van der Waals surface area contributed by atoms with E-state index in [1.807, 2.05) is 28.8 Å². The van der Waals surface area contributed by atoms with Crippen molar-refractivity contribution in [2.24, 2.45) is 0 Å². The molecule has 3 rings (SSSR count). The number of hydrogen-bond acceptors (Lipinski definition) is 5. The Bertz CT molecular complexity index is 915. The first-order valence-electron chi connectivity index (χ1n) is 7.42. The summed E-state index contributed by atoms with van der Waals surface area (Å²) in [4.78, 5) is 18.4. The molecule has 0 saturated carbocycles. The van der Waals surface area contributed by atoms with E-state index in [2.05, 4.69) is 15.3 Å². The molecule has 0 saturated heterocycles. The van der Waals surface area contributed by atoms with Crippen molar-refractivity contribution < 1.29 is 9.46 Å². The minimum Gasteiger partial charge on any atom is -0.382 e. The van der Waals surface area contributed by atoms with Crippen LogP contribution in [0.5, 0.6) is 0 Å². The standard InChI is InChI=1S/C15H20N5O2P/c1-17-15-19-12-13(20(15)8-5-9-23(2,21)22)10-6-3-4-7-11(10)18-14(12)16/h3-4,6-7H,5,8-9H2,1-2H3,(H2,16,18)(H,17,19)(H,21,22). The van der Waals surface area contributed by atoms with Crippen molar-refractivity contribution in [3.8, 4) is 0 Å².